The fourth-order valence-corrected chi connectivity index (χ4v) is 10.0. The highest BCUT2D eigenvalue weighted by molar-refractivity contribution is 6.10. The van der Waals surface area contributed by atoms with E-state index in [-0.39, 0.29) is 5.41 Å². The maximum Gasteiger partial charge on any atom is 0.0710 e. The van der Waals surface area contributed by atoms with Crippen molar-refractivity contribution in [3.63, 3.8) is 0 Å². The van der Waals surface area contributed by atoms with Crippen LogP contribution in [0.25, 0.3) is 83.0 Å². The highest BCUT2D eigenvalue weighted by Gasteiger charge is 2.36. The summed E-state index contributed by atoms with van der Waals surface area (Å²) < 4.78 is 2.40. The Kier molecular flexibility index (Phi) is 8.52. The molecule has 0 saturated carbocycles. The molecule has 0 atom stereocenters. The summed E-state index contributed by atoms with van der Waals surface area (Å²) in [6, 6.07) is 81.7. The van der Waals surface area contributed by atoms with Crippen molar-refractivity contribution in [2.75, 3.05) is 4.90 Å². The zero-order valence-corrected chi connectivity index (χ0v) is 35.2. The van der Waals surface area contributed by atoms with E-state index in [4.69, 9.17) is 4.98 Å². The van der Waals surface area contributed by atoms with Crippen LogP contribution in [0.2, 0.25) is 0 Å². The zero-order chi connectivity index (χ0) is 42.1. The standard InChI is InChI=1S/C60H43N3/c1-60(2)53-22-12-10-20-49(53)50-35-32-47(39-54(50)60)62(46-30-25-41(26-31-46)40-15-5-3-6-16-40)58-38-44(56-36-29-42-17-9-13-23-55(42)61-56)28-33-48(58)43-27-34-52-51-21-11-14-24-57(51)63(59(52)37-43)45-18-7-4-8-19-45/h3-39H,1-2H3. The number of nitrogens with zero attached hydrogens (tertiary/aromatic N) is 3. The molecule has 0 radical (unpaired) electrons. The van der Waals surface area contributed by atoms with E-state index in [1.807, 2.05) is 0 Å². The number of para-hydroxylation sites is 3. The molecule has 12 rings (SSSR count). The van der Waals surface area contributed by atoms with Gasteiger partial charge in [0.2, 0.25) is 0 Å². The van der Waals surface area contributed by atoms with E-state index in [0.29, 0.717) is 0 Å². The molecule has 0 saturated heterocycles. The third-order valence-electron chi connectivity index (χ3n) is 13.2. The molecular weight excluding hydrogens is 763 g/mol. The lowest BCUT2D eigenvalue weighted by molar-refractivity contribution is 0.660. The molecule has 2 aromatic heterocycles. The third kappa shape index (κ3) is 6.07. The first-order valence-corrected chi connectivity index (χ1v) is 21.8. The average molecular weight is 806 g/mol. The van der Waals surface area contributed by atoms with Crippen molar-refractivity contribution in [2.24, 2.45) is 0 Å². The largest absolute Gasteiger partial charge is 0.310 e. The van der Waals surface area contributed by atoms with Crippen molar-refractivity contribution >= 4 is 49.8 Å². The van der Waals surface area contributed by atoms with Gasteiger partial charge < -0.3 is 9.47 Å². The van der Waals surface area contributed by atoms with Crippen LogP contribution >= 0.6 is 0 Å². The maximum absolute atomic E-state index is 5.22. The van der Waals surface area contributed by atoms with Gasteiger partial charge in [-0.3, -0.25) is 0 Å². The van der Waals surface area contributed by atoms with Crippen LogP contribution in [0.5, 0.6) is 0 Å². The van der Waals surface area contributed by atoms with Crippen LogP contribution < -0.4 is 4.90 Å². The van der Waals surface area contributed by atoms with Crippen LogP contribution in [0.3, 0.4) is 0 Å². The Bertz CT molecular complexity index is 3530. The highest BCUT2D eigenvalue weighted by atomic mass is 15.1. The Balaban J connectivity index is 1.12. The van der Waals surface area contributed by atoms with Gasteiger partial charge in [-0.15, -0.1) is 0 Å². The molecule has 11 aromatic rings. The Labute approximate surface area is 367 Å². The molecule has 3 heteroatoms. The molecule has 2 heterocycles. The average Bonchev–Trinajstić information content (AvgIpc) is 3.79. The normalized spacial score (nSPS) is 12.7. The number of hydrogen-bond donors (Lipinski definition) is 0. The summed E-state index contributed by atoms with van der Waals surface area (Å²) in [5.41, 5.74) is 19.5. The number of pyridine rings is 1. The second-order valence-electron chi connectivity index (χ2n) is 17.2. The molecule has 3 nitrogen and oxygen atoms in total. The predicted molar refractivity (Wildman–Crippen MR) is 265 cm³/mol. The molecule has 9 aromatic carbocycles. The summed E-state index contributed by atoms with van der Waals surface area (Å²) in [5, 5.41) is 3.59. The molecule has 0 unspecified atom stereocenters. The molecule has 0 bridgehead atoms. The molecule has 63 heavy (non-hydrogen) atoms. The molecule has 1 aliphatic carbocycles. The Morgan fingerprint density at radius 3 is 1.90 bits per heavy atom. The van der Waals surface area contributed by atoms with Crippen molar-refractivity contribution in [3.8, 4) is 50.3 Å². The molecular formula is C60H43N3. The van der Waals surface area contributed by atoms with E-state index in [0.717, 1.165) is 56.0 Å². The lowest BCUT2D eigenvalue weighted by Gasteiger charge is -2.30. The van der Waals surface area contributed by atoms with E-state index < -0.39 is 0 Å². The van der Waals surface area contributed by atoms with Gasteiger partial charge in [0.15, 0.2) is 0 Å². The van der Waals surface area contributed by atoms with Gasteiger partial charge in [-0.25, -0.2) is 4.98 Å². The zero-order valence-electron chi connectivity index (χ0n) is 35.2. The Morgan fingerprint density at radius 1 is 0.413 bits per heavy atom. The quantitative estimate of drug-likeness (QED) is 0.160. The van der Waals surface area contributed by atoms with Crippen LogP contribution in [0.15, 0.2) is 224 Å². The molecule has 0 amide bonds. The third-order valence-corrected chi connectivity index (χ3v) is 13.2. The van der Waals surface area contributed by atoms with Crippen molar-refractivity contribution in [2.45, 2.75) is 19.3 Å². The number of benzene rings is 9. The van der Waals surface area contributed by atoms with Gasteiger partial charge in [0.1, 0.15) is 0 Å². The SMILES string of the molecule is CC1(C)c2ccccc2-c2ccc(N(c3ccc(-c4ccccc4)cc3)c3cc(-c4ccc5ccccc5n4)ccc3-c3ccc4c5ccccc5n(-c5ccccc5)c4c3)cc21. The fourth-order valence-electron chi connectivity index (χ4n) is 10.0. The maximum atomic E-state index is 5.22. The first-order valence-electron chi connectivity index (χ1n) is 21.8. The van der Waals surface area contributed by atoms with Gasteiger partial charge in [-0.1, -0.05) is 172 Å². The van der Waals surface area contributed by atoms with Crippen molar-refractivity contribution < 1.29 is 0 Å². The predicted octanol–water partition coefficient (Wildman–Crippen LogP) is 16.1. The van der Waals surface area contributed by atoms with Gasteiger partial charge in [0.05, 0.1) is 27.9 Å². The summed E-state index contributed by atoms with van der Waals surface area (Å²) in [6.07, 6.45) is 0. The molecule has 0 fully saturated rings. The molecule has 0 spiro atoms. The Morgan fingerprint density at radius 2 is 1.05 bits per heavy atom. The number of hydrogen-bond acceptors (Lipinski definition) is 2. The highest BCUT2D eigenvalue weighted by Crippen LogP contribution is 2.52. The monoisotopic (exact) mass is 805 g/mol. The topological polar surface area (TPSA) is 21.1 Å². The van der Waals surface area contributed by atoms with Gasteiger partial charge in [-0.05, 0) is 106 Å². The van der Waals surface area contributed by atoms with Gasteiger partial charge in [0.25, 0.3) is 0 Å². The van der Waals surface area contributed by atoms with Gasteiger partial charge in [-0.2, -0.15) is 0 Å². The summed E-state index contributed by atoms with van der Waals surface area (Å²) in [4.78, 5) is 7.68. The van der Waals surface area contributed by atoms with Crippen LogP contribution in [-0.2, 0) is 5.41 Å². The second kappa shape index (κ2) is 14.6. The van der Waals surface area contributed by atoms with Crippen LogP contribution in [0.1, 0.15) is 25.0 Å². The summed E-state index contributed by atoms with van der Waals surface area (Å²) in [7, 11) is 0. The number of rotatable bonds is 7. The minimum atomic E-state index is -0.166. The first kappa shape index (κ1) is 36.8. The van der Waals surface area contributed by atoms with E-state index >= 15 is 0 Å². The van der Waals surface area contributed by atoms with Crippen molar-refractivity contribution in [3.05, 3.63) is 236 Å². The van der Waals surface area contributed by atoms with Crippen LogP contribution in [0.4, 0.5) is 17.1 Å². The molecule has 0 N–H and O–H groups in total. The first-order chi connectivity index (χ1) is 31.0. The molecule has 298 valence electrons. The van der Waals surface area contributed by atoms with E-state index in [9.17, 15) is 0 Å². The molecule has 0 aliphatic heterocycles. The smallest absolute Gasteiger partial charge is 0.0710 e. The number of aromatic nitrogens is 2. The fraction of sp³-hybridized carbons (Fsp3) is 0.0500. The Hall–Kier alpha value is -8.01. The van der Waals surface area contributed by atoms with Crippen molar-refractivity contribution in [1.82, 2.24) is 9.55 Å². The van der Waals surface area contributed by atoms with Crippen LogP contribution in [-0.4, -0.2) is 9.55 Å². The molecule has 1 aliphatic rings. The minimum absolute atomic E-state index is 0.166. The second-order valence-corrected chi connectivity index (χ2v) is 17.2. The minimum Gasteiger partial charge on any atom is -0.310 e. The van der Waals surface area contributed by atoms with Crippen LogP contribution in [0, 0.1) is 0 Å². The van der Waals surface area contributed by atoms with Gasteiger partial charge in [0, 0.05) is 49.8 Å². The summed E-state index contributed by atoms with van der Waals surface area (Å²) >= 11 is 0. The lowest BCUT2D eigenvalue weighted by Crippen LogP contribution is -2.17. The van der Waals surface area contributed by atoms with E-state index in [1.54, 1.807) is 0 Å². The summed E-state index contributed by atoms with van der Waals surface area (Å²) in [5.74, 6) is 0. The number of anilines is 3. The number of fused-ring (bicyclic) bond motifs is 7. The summed E-state index contributed by atoms with van der Waals surface area (Å²) in [6.45, 7) is 4.72. The van der Waals surface area contributed by atoms with Gasteiger partial charge >= 0.3 is 0 Å². The van der Waals surface area contributed by atoms with Crippen molar-refractivity contribution in [1.29, 1.82) is 0 Å². The van der Waals surface area contributed by atoms with E-state index in [1.165, 1.54) is 55.2 Å². The lowest BCUT2D eigenvalue weighted by atomic mass is 9.82. The van der Waals surface area contributed by atoms with E-state index in [2.05, 4.69) is 248 Å².